The number of aryl methyl sites for hydroxylation is 1. The first-order valence-electron chi connectivity index (χ1n) is 7.42. The van der Waals surface area contributed by atoms with E-state index in [1.807, 2.05) is 24.3 Å². The van der Waals surface area contributed by atoms with Crippen molar-refractivity contribution >= 4 is 34.4 Å². The fraction of sp³-hybridized carbons (Fsp3) is 0.176. The Balaban J connectivity index is 1.69. The lowest BCUT2D eigenvalue weighted by atomic mass is 10.3. The first-order valence-corrected chi connectivity index (χ1v) is 7.79. The van der Waals surface area contributed by atoms with Crippen molar-refractivity contribution in [3.05, 3.63) is 59.4 Å². The largest absolute Gasteiger partial charge is 0.331 e. The number of halogens is 1. The van der Waals surface area contributed by atoms with Crippen LogP contribution in [-0.4, -0.2) is 15.6 Å². The van der Waals surface area contributed by atoms with Crippen LogP contribution in [0.25, 0.3) is 11.0 Å². The Hall–Kier alpha value is -2.53. The van der Waals surface area contributed by atoms with Crippen molar-refractivity contribution in [2.75, 3.05) is 5.32 Å². The highest BCUT2D eigenvalue weighted by atomic mass is 35.5. The maximum Gasteiger partial charge on any atom is 0.319 e. The zero-order chi connectivity index (χ0) is 16.2. The first-order chi connectivity index (χ1) is 11.2. The van der Waals surface area contributed by atoms with E-state index in [1.165, 1.54) is 0 Å². The van der Waals surface area contributed by atoms with Crippen LogP contribution in [0.5, 0.6) is 0 Å². The van der Waals surface area contributed by atoms with Crippen molar-refractivity contribution in [2.45, 2.75) is 20.0 Å². The number of imidazole rings is 1. The lowest BCUT2D eigenvalue weighted by Gasteiger charge is -2.09. The highest BCUT2D eigenvalue weighted by Gasteiger charge is 2.10. The molecule has 0 saturated heterocycles. The van der Waals surface area contributed by atoms with Crippen molar-refractivity contribution in [3.63, 3.8) is 0 Å². The Bertz CT molecular complexity index is 843. The van der Waals surface area contributed by atoms with Crippen molar-refractivity contribution < 1.29 is 4.79 Å². The average Bonchev–Trinajstić information content (AvgIpc) is 2.90. The summed E-state index contributed by atoms with van der Waals surface area (Å²) in [6, 6.07) is 14.7. The standard InChI is InChI=1S/C17H17ClN4O/c1-2-22-15-9-4-3-8-14(15)21-16(22)11-19-17(23)20-13-7-5-6-12(18)10-13/h3-10H,2,11H2,1H3,(H2,19,20,23). The summed E-state index contributed by atoms with van der Waals surface area (Å²) in [5.74, 6) is 0.829. The third-order valence-electron chi connectivity index (χ3n) is 3.54. The maximum atomic E-state index is 12.0. The van der Waals surface area contributed by atoms with E-state index in [0.29, 0.717) is 17.3 Å². The zero-order valence-electron chi connectivity index (χ0n) is 12.7. The molecular weight excluding hydrogens is 312 g/mol. The summed E-state index contributed by atoms with van der Waals surface area (Å²) in [5.41, 5.74) is 2.66. The van der Waals surface area contributed by atoms with E-state index >= 15 is 0 Å². The molecule has 1 heterocycles. The van der Waals surface area contributed by atoms with Gasteiger partial charge in [-0.1, -0.05) is 29.8 Å². The van der Waals surface area contributed by atoms with Gasteiger partial charge in [0.25, 0.3) is 0 Å². The van der Waals surface area contributed by atoms with Crippen LogP contribution < -0.4 is 10.6 Å². The average molecular weight is 329 g/mol. The number of carbonyl (C=O) groups excluding carboxylic acids is 1. The second kappa shape index (κ2) is 6.71. The molecule has 0 fully saturated rings. The monoisotopic (exact) mass is 328 g/mol. The molecule has 5 nitrogen and oxygen atoms in total. The number of amides is 2. The number of anilines is 1. The smallest absolute Gasteiger partial charge is 0.319 e. The Labute approximate surface area is 139 Å². The number of nitrogens with one attached hydrogen (secondary N) is 2. The Morgan fingerprint density at radius 1 is 1.22 bits per heavy atom. The van der Waals surface area contributed by atoms with Gasteiger partial charge in [-0.05, 0) is 37.3 Å². The van der Waals surface area contributed by atoms with Crippen LogP contribution in [-0.2, 0) is 13.1 Å². The number of urea groups is 1. The lowest BCUT2D eigenvalue weighted by molar-refractivity contribution is 0.251. The van der Waals surface area contributed by atoms with Gasteiger partial charge < -0.3 is 15.2 Å². The number of nitrogens with zero attached hydrogens (tertiary/aromatic N) is 2. The van der Waals surface area contributed by atoms with Gasteiger partial charge in [0.05, 0.1) is 17.6 Å². The number of hydrogen-bond donors (Lipinski definition) is 2. The maximum absolute atomic E-state index is 12.0. The lowest BCUT2D eigenvalue weighted by Crippen LogP contribution is -2.29. The molecule has 6 heteroatoms. The highest BCUT2D eigenvalue weighted by molar-refractivity contribution is 6.30. The number of fused-ring (bicyclic) bond motifs is 1. The fourth-order valence-electron chi connectivity index (χ4n) is 2.51. The molecule has 118 valence electrons. The summed E-state index contributed by atoms with van der Waals surface area (Å²) in [6.07, 6.45) is 0. The SMILES string of the molecule is CCn1c(CNC(=O)Nc2cccc(Cl)c2)nc2ccccc21. The predicted molar refractivity (Wildman–Crippen MR) is 92.7 cm³/mol. The van der Waals surface area contributed by atoms with Gasteiger partial charge in [-0.15, -0.1) is 0 Å². The van der Waals surface area contributed by atoms with Crippen LogP contribution in [0.2, 0.25) is 5.02 Å². The molecule has 2 amide bonds. The number of rotatable bonds is 4. The second-order valence-electron chi connectivity index (χ2n) is 5.08. The summed E-state index contributed by atoms with van der Waals surface area (Å²) >= 11 is 5.90. The predicted octanol–water partition coefficient (Wildman–Crippen LogP) is 4.03. The minimum Gasteiger partial charge on any atom is -0.331 e. The van der Waals surface area contributed by atoms with E-state index in [1.54, 1.807) is 24.3 Å². The quantitative estimate of drug-likeness (QED) is 0.759. The van der Waals surface area contributed by atoms with Crippen LogP contribution >= 0.6 is 11.6 Å². The van der Waals surface area contributed by atoms with Crippen LogP contribution in [0.4, 0.5) is 10.5 Å². The second-order valence-corrected chi connectivity index (χ2v) is 5.52. The Kier molecular flexibility index (Phi) is 4.48. The van der Waals surface area contributed by atoms with Gasteiger partial charge in [-0.25, -0.2) is 9.78 Å². The minimum atomic E-state index is -0.290. The van der Waals surface area contributed by atoms with Gasteiger partial charge in [0, 0.05) is 17.3 Å². The van der Waals surface area contributed by atoms with E-state index in [4.69, 9.17) is 11.6 Å². The molecule has 3 aromatic rings. The van der Waals surface area contributed by atoms with Gasteiger partial charge in [0.2, 0.25) is 0 Å². The summed E-state index contributed by atoms with van der Waals surface area (Å²) in [4.78, 5) is 16.6. The molecule has 0 saturated carbocycles. The molecule has 1 aromatic heterocycles. The van der Waals surface area contributed by atoms with Crippen LogP contribution in [0, 0.1) is 0 Å². The van der Waals surface area contributed by atoms with Crippen LogP contribution in [0.15, 0.2) is 48.5 Å². The van der Waals surface area contributed by atoms with E-state index in [0.717, 1.165) is 23.4 Å². The Morgan fingerprint density at radius 2 is 2.04 bits per heavy atom. The van der Waals surface area contributed by atoms with Crippen molar-refractivity contribution in [3.8, 4) is 0 Å². The van der Waals surface area contributed by atoms with Crippen LogP contribution in [0.3, 0.4) is 0 Å². The molecule has 0 spiro atoms. The molecule has 0 aliphatic carbocycles. The topological polar surface area (TPSA) is 59.0 Å². The molecule has 0 bridgehead atoms. The molecule has 0 atom stereocenters. The van der Waals surface area contributed by atoms with Crippen LogP contribution in [0.1, 0.15) is 12.7 Å². The van der Waals surface area contributed by atoms with Gasteiger partial charge >= 0.3 is 6.03 Å². The zero-order valence-corrected chi connectivity index (χ0v) is 13.5. The van der Waals surface area contributed by atoms with E-state index < -0.39 is 0 Å². The van der Waals surface area contributed by atoms with Crippen molar-refractivity contribution in [2.24, 2.45) is 0 Å². The molecular formula is C17H17ClN4O. The van der Waals surface area contributed by atoms with E-state index in [2.05, 4.69) is 27.1 Å². The molecule has 2 N–H and O–H groups in total. The fourth-order valence-corrected chi connectivity index (χ4v) is 2.70. The number of aromatic nitrogens is 2. The molecule has 0 aliphatic heterocycles. The molecule has 0 radical (unpaired) electrons. The molecule has 0 aliphatic rings. The summed E-state index contributed by atoms with van der Waals surface area (Å²) in [7, 11) is 0. The van der Waals surface area contributed by atoms with Crippen molar-refractivity contribution in [1.29, 1.82) is 0 Å². The first kappa shape index (κ1) is 15.4. The summed E-state index contributed by atoms with van der Waals surface area (Å²) in [5, 5.41) is 6.16. The highest BCUT2D eigenvalue weighted by Crippen LogP contribution is 2.16. The van der Waals surface area contributed by atoms with E-state index in [-0.39, 0.29) is 6.03 Å². The minimum absolute atomic E-state index is 0.290. The number of para-hydroxylation sites is 2. The third-order valence-corrected chi connectivity index (χ3v) is 3.77. The summed E-state index contributed by atoms with van der Waals surface area (Å²) < 4.78 is 2.09. The van der Waals surface area contributed by atoms with Gasteiger partial charge in [0.15, 0.2) is 0 Å². The number of benzene rings is 2. The van der Waals surface area contributed by atoms with Gasteiger partial charge in [0.1, 0.15) is 5.82 Å². The molecule has 0 unspecified atom stereocenters. The summed E-state index contributed by atoms with van der Waals surface area (Å²) in [6.45, 7) is 3.21. The Morgan fingerprint density at radius 3 is 2.83 bits per heavy atom. The van der Waals surface area contributed by atoms with Gasteiger partial charge in [-0.3, -0.25) is 0 Å². The number of carbonyl (C=O) groups is 1. The molecule has 2 aromatic carbocycles. The normalized spacial score (nSPS) is 10.7. The molecule has 3 rings (SSSR count). The molecule has 23 heavy (non-hydrogen) atoms. The van der Waals surface area contributed by atoms with Crippen molar-refractivity contribution in [1.82, 2.24) is 14.9 Å². The van der Waals surface area contributed by atoms with Gasteiger partial charge in [-0.2, -0.15) is 0 Å². The third kappa shape index (κ3) is 3.46. The van der Waals surface area contributed by atoms with E-state index in [9.17, 15) is 4.79 Å². The number of hydrogen-bond acceptors (Lipinski definition) is 2.